The van der Waals surface area contributed by atoms with Gasteiger partial charge in [-0.05, 0) is 25.1 Å². The van der Waals surface area contributed by atoms with E-state index in [-0.39, 0.29) is 5.89 Å². The Hall–Kier alpha value is -2.38. The molecule has 2 atom stereocenters. The second-order valence-corrected chi connectivity index (χ2v) is 4.48. The molecule has 0 radical (unpaired) electrons. The molecule has 0 saturated carbocycles. The van der Waals surface area contributed by atoms with E-state index in [2.05, 4.69) is 20.1 Å². The van der Waals surface area contributed by atoms with Gasteiger partial charge >= 0.3 is 0 Å². The third-order valence-corrected chi connectivity index (χ3v) is 2.97. The van der Waals surface area contributed by atoms with Gasteiger partial charge in [0.2, 0.25) is 11.7 Å². The van der Waals surface area contributed by atoms with Crippen molar-refractivity contribution in [3.05, 3.63) is 36.5 Å². The van der Waals surface area contributed by atoms with Crippen LogP contribution in [0.1, 0.15) is 18.9 Å². The molecule has 0 aliphatic heterocycles. The highest BCUT2D eigenvalue weighted by Crippen LogP contribution is 2.21. The van der Waals surface area contributed by atoms with Crippen LogP contribution in [0.3, 0.4) is 0 Å². The second kappa shape index (κ2) is 4.95. The monoisotopic (exact) mass is 271 g/mol. The molecule has 0 unspecified atom stereocenters. The number of aliphatic hydroxyl groups is 1. The number of rotatable bonds is 3. The van der Waals surface area contributed by atoms with E-state index in [0.717, 1.165) is 16.6 Å². The second-order valence-electron chi connectivity index (χ2n) is 4.48. The van der Waals surface area contributed by atoms with Gasteiger partial charge in [-0.3, -0.25) is 9.97 Å². The Morgan fingerprint density at radius 3 is 2.70 bits per heavy atom. The predicted molar refractivity (Wildman–Crippen MR) is 71.4 cm³/mol. The maximum Gasteiger partial charge on any atom is 0.246 e. The van der Waals surface area contributed by atoms with Crippen molar-refractivity contribution < 1.29 is 9.63 Å². The summed E-state index contributed by atoms with van der Waals surface area (Å²) in [5.74, 6) is 0.609. The summed E-state index contributed by atoms with van der Waals surface area (Å²) in [4.78, 5) is 12.6. The Bertz CT molecular complexity index is 740. The number of benzene rings is 1. The van der Waals surface area contributed by atoms with Gasteiger partial charge < -0.3 is 15.4 Å². The minimum atomic E-state index is -0.759. The van der Waals surface area contributed by atoms with Crippen LogP contribution in [0, 0.1) is 0 Å². The van der Waals surface area contributed by atoms with E-state index in [9.17, 15) is 5.11 Å². The maximum absolute atomic E-state index is 9.42. The van der Waals surface area contributed by atoms with Crippen molar-refractivity contribution in [3.63, 3.8) is 0 Å². The van der Waals surface area contributed by atoms with Crippen LogP contribution in [0.4, 0.5) is 0 Å². The first-order valence-corrected chi connectivity index (χ1v) is 6.13. The van der Waals surface area contributed by atoms with Gasteiger partial charge in [-0.25, -0.2) is 0 Å². The van der Waals surface area contributed by atoms with Gasteiger partial charge in [-0.1, -0.05) is 5.16 Å². The normalized spacial score (nSPS) is 14.3. The fourth-order valence-corrected chi connectivity index (χ4v) is 1.80. The largest absolute Gasteiger partial charge is 0.391 e. The van der Waals surface area contributed by atoms with Gasteiger partial charge in [0.15, 0.2) is 0 Å². The molecule has 2 aromatic heterocycles. The Balaban J connectivity index is 1.99. The highest BCUT2D eigenvalue weighted by atomic mass is 16.5. The fourth-order valence-electron chi connectivity index (χ4n) is 1.80. The number of hydrogen-bond acceptors (Lipinski definition) is 7. The summed E-state index contributed by atoms with van der Waals surface area (Å²) in [6.07, 6.45) is 2.50. The molecule has 0 spiro atoms. The lowest BCUT2D eigenvalue weighted by Crippen LogP contribution is -2.23. The smallest absolute Gasteiger partial charge is 0.246 e. The van der Waals surface area contributed by atoms with E-state index in [0.29, 0.717) is 5.82 Å². The molecular formula is C13H13N5O2. The van der Waals surface area contributed by atoms with Crippen LogP contribution >= 0.6 is 0 Å². The molecule has 2 heterocycles. The fraction of sp³-hybridized carbons (Fsp3) is 0.231. The minimum Gasteiger partial charge on any atom is -0.391 e. The number of hydrogen-bond donors (Lipinski definition) is 2. The molecule has 3 rings (SSSR count). The summed E-state index contributed by atoms with van der Waals surface area (Å²) in [6.45, 7) is 1.57. The van der Waals surface area contributed by atoms with Crippen molar-refractivity contribution in [2.24, 2.45) is 5.73 Å². The number of aromatic nitrogens is 4. The van der Waals surface area contributed by atoms with Crippen LogP contribution in [0.2, 0.25) is 0 Å². The van der Waals surface area contributed by atoms with Gasteiger partial charge in [-0.2, -0.15) is 4.98 Å². The Kier molecular flexibility index (Phi) is 3.13. The lowest BCUT2D eigenvalue weighted by molar-refractivity contribution is 0.146. The van der Waals surface area contributed by atoms with Crippen molar-refractivity contribution >= 4 is 11.0 Å². The molecule has 0 amide bonds. The van der Waals surface area contributed by atoms with Crippen molar-refractivity contribution in [1.82, 2.24) is 20.1 Å². The van der Waals surface area contributed by atoms with Crippen molar-refractivity contribution in [2.45, 2.75) is 19.1 Å². The zero-order chi connectivity index (χ0) is 14.1. The molecule has 7 nitrogen and oxygen atoms in total. The number of nitrogens with two attached hydrogens (primary N) is 1. The minimum absolute atomic E-state index is 0.203. The molecule has 0 aliphatic carbocycles. The van der Waals surface area contributed by atoms with Gasteiger partial charge in [0.05, 0.1) is 17.1 Å². The third kappa shape index (κ3) is 2.24. The van der Waals surface area contributed by atoms with E-state index < -0.39 is 12.1 Å². The average molecular weight is 271 g/mol. The number of nitrogens with zero attached hydrogens (tertiary/aromatic N) is 4. The molecular weight excluding hydrogens is 258 g/mol. The molecule has 0 fully saturated rings. The average Bonchev–Trinajstić information content (AvgIpc) is 2.95. The van der Waals surface area contributed by atoms with E-state index in [4.69, 9.17) is 10.3 Å². The molecule has 0 aliphatic rings. The van der Waals surface area contributed by atoms with Crippen LogP contribution in [-0.4, -0.2) is 31.3 Å². The lowest BCUT2D eigenvalue weighted by Gasteiger charge is -2.08. The Labute approximate surface area is 114 Å². The van der Waals surface area contributed by atoms with Crippen molar-refractivity contribution in [1.29, 1.82) is 0 Å². The molecule has 0 bridgehead atoms. The molecule has 20 heavy (non-hydrogen) atoms. The van der Waals surface area contributed by atoms with E-state index in [1.54, 1.807) is 19.3 Å². The first kappa shape index (κ1) is 12.6. The number of fused-ring (bicyclic) bond motifs is 1. The van der Waals surface area contributed by atoms with E-state index >= 15 is 0 Å². The predicted octanol–water partition coefficient (Wildman–Crippen LogP) is 1.06. The summed E-state index contributed by atoms with van der Waals surface area (Å²) >= 11 is 0. The van der Waals surface area contributed by atoms with Crippen LogP contribution < -0.4 is 5.73 Å². The first-order chi connectivity index (χ1) is 9.65. The van der Waals surface area contributed by atoms with Gasteiger partial charge in [-0.15, -0.1) is 0 Å². The summed E-state index contributed by atoms with van der Waals surface area (Å²) in [5, 5.41) is 13.3. The van der Waals surface area contributed by atoms with Crippen LogP contribution in [0.15, 0.2) is 35.1 Å². The topological polar surface area (TPSA) is 111 Å². The van der Waals surface area contributed by atoms with Crippen LogP contribution in [0.5, 0.6) is 0 Å². The van der Waals surface area contributed by atoms with Crippen molar-refractivity contribution in [2.75, 3.05) is 0 Å². The zero-order valence-electron chi connectivity index (χ0n) is 10.8. The SMILES string of the molecule is C[C@@H](O)[C@H](N)c1nc(-c2ccc3nccnc3c2)no1. The van der Waals surface area contributed by atoms with Gasteiger partial charge in [0.1, 0.15) is 6.04 Å². The molecule has 7 heteroatoms. The van der Waals surface area contributed by atoms with E-state index in [1.165, 1.54) is 0 Å². The molecule has 3 aromatic rings. The summed E-state index contributed by atoms with van der Waals surface area (Å²) < 4.78 is 5.07. The first-order valence-electron chi connectivity index (χ1n) is 6.13. The van der Waals surface area contributed by atoms with Crippen LogP contribution in [0.25, 0.3) is 22.4 Å². The highest BCUT2D eigenvalue weighted by Gasteiger charge is 2.20. The van der Waals surface area contributed by atoms with E-state index in [1.807, 2.05) is 18.2 Å². The van der Waals surface area contributed by atoms with Crippen molar-refractivity contribution in [3.8, 4) is 11.4 Å². The maximum atomic E-state index is 9.42. The Morgan fingerprint density at radius 2 is 1.95 bits per heavy atom. The lowest BCUT2D eigenvalue weighted by atomic mass is 10.2. The molecule has 102 valence electrons. The summed E-state index contributed by atoms with van der Waals surface area (Å²) in [7, 11) is 0. The number of aliphatic hydroxyl groups excluding tert-OH is 1. The van der Waals surface area contributed by atoms with Gasteiger partial charge in [0.25, 0.3) is 0 Å². The molecule has 1 aromatic carbocycles. The zero-order valence-corrected chi connectivity index (χ0v) is 10.8. The highest BCUT2D eigenvalue weighted by molar-refractivity contribution is 5.79. The summed E-state index contributed by atoms with van der Waals surface area (Å²) in [6, 6.07) is 4.80. The molecule has 0 saturated heterocycles. The quantitative estimate of drug-likeness (QED) is 0.732. The standard InChI is InChI=1S/C13H13N5O2/c1-7(19)11(14)13-17-12(18-20-13)8-2-3-9-10(6-8)16-5-4-15-9/h2-7,11,19H,14H2,1H3/t7-,11+/m1/s1. The molecule has 3 N–H and O–H groups in total. The van der Waals surface area contributed by atoms with Gasteiger partial charge in [0, 0.05) is 18.0 Å². The third-order valence-electron chi connectivity index (χ3n) is 2.97. The van der Waals surface area contributed by atoms with Crippen LogP contribution in [-0.2, 0) is 0 Å². The Morgan fingerprint density at radius 1 is 1.20 bits per heavy atom. The summed E-state index contributed by atoms with van der Waals surface area (Å²) in [5.41, 5.74) is 8.05.